The van der Waals surface area contributed by atoms with Crippen LogP contribution in [0.5, 0.6) is 0 Å². The van der Waals surface area contributed by atoms with Crippen LogP contribution in [-0.4, -0.2) is 46.2 Å². The zero-order chi connectivity index (χ0) is 26.5. The van der Waals surface area contributed by atoms with Crippen LogP contribution in [0.3, 0.4) is 0 Å². The molecule has 3 aromatic rings. The number of amides is 1. The highest BCUT2D eigenvalue weighted by atomic mass is 19.2. The summed E-state index contributed by atoms with van der Waals surface area (Å²) >= 11 is 0. The summed E-state index contributed by atoms with van der Waals surface area (Å²) in [6.07, 6.45) is 5.59. The van der Waals surface area contributed by atoms with Crippen molar-refractivity contribution in [3.05, 3.63) is 71.4 Å². The van der Waals surface area contributed by atoms with Gasteiger partial charge in [-0.15, -0.1) is 0 Å². The van der Waals surface area contributed by atoms with Gasteiger partial charge in [0.15, 0.2) is 17.4 Å². The van der Waals surface area contributed by atoms with E-state index in [4.69, 9.17) is 5.73 Å². The highest BCUT2D eigenvalue weighted by Crippen LogP contribution is 2.23. The smallest absolute Gasteiger partial charge is 0.234 e. The third-order valence-electron chi connectivity index (χ3n) is 7.37. The number of fused-ring (bicyclic) bond motifs is 1. The third kappa shape index (κ3) is 6.68. The molecule has 4 rings (SSSR count). The molecule has 1 aliphatic rings. The summed E-state index contributed by atoms with van der Waals surface area (Å²) in [7, 11) is 0. The quantitative estimate of drug-likeness (QED) is 0.442. The molecule has 3 atom stereocenters. The van der Waals surface area contributed by atoms with Gasteiger partial charge < -0.3 is 11.1 Å². The van der Waals surface area contributed by atoms with Crippen LogP contribution in [-0.2, 0) is 22.4 Å². The van der Waals surface area contributed by atoms with Crippen molar-refractivity contribution < 1.29 is 18.4 Å². The molecule has 1 saturated heterocycles. The van der Waals surface area contributed by atoms with Crippen molar-refractivity contribution in [2.45, 2.75) is 70.5 Å². The van der Waals surface area contributed by atoms with Crippen LogP contribution in [0.15, 0.2) is 48.7 Å². The van der Waals surface area contributed by atoms with Crippen molar-refractivity contribution in [1.29, 1.82) is 0 Å². The van der Waals surface area contributed by atoms with Crippen molar-refractivity contribution in [3.63, 3.8) is 0 Å². The van der Waals surface area contributed by atoms with E-state index in [9.17, 15) is 18.4 Å². The Morgan fingerprint density at radius 2 is 1.78 bits per heavy atom. The Morgan fingerprint density at radius 1 is 1.05 bits per heavy atom. The Kier molecular flexibility index (Phi) is 8.48. The maximum atomic E-state index is 13.8. The van der Waals surface area contributed by atoms with Gasteiger partial charge in [-0.25, -0.2) is 13.8 Å². The molecule has 2 heterocycles. The van der Waals surface area contributed by atoms with Crippen molar-refractivity contribution in [2.75, 3.05) is 12.3 Å². The van der Waals surface area contributed by atoms with Gasteiger partial charge in [0.25, 0.3) is 0 Å². The first-order valence-electron chi connectivity index (χ1n) is 12.9. The molecule has 0 bridgehead atoms. The van der Waals surface area contributed by atoms with Gasteiger partial charge in [0.2, 0.25) is 5.91 Å². The summed E-state index contributed by atoms with van der Waals surface area (Å²) in [5.41, 5.74) is 7.34. The van der Waals surface area contributed by atoms with Gasteiger partial charge in [-0.05, 0) is 74.2 Å². The molecule has 196 valence electrons. The molecule has 1 aliphatic heterocycles. The Hall–Kier alpha value is -3.39. The van der Waals surface area contributed by atoms with Gasteiger partial charge in [0.05, 0.1) is 12.6 Å². The molecule has 0 radical (unpaired) electrons. The van der Waals surface area contributed by atoms with Gasteiger partial charge in [0.1, 0.15) is 5.82 Å². The SMILES string of the molecule is C[C@@H]1CCC[C@H](C)N1CC(=O)N[C@@H](Cc1ccc(F)c(F)c1)C(=O)CCc1ccc2c(N)nccc2c1. The van der Waals surface area contributed by atoms with Crippen molar-refractivity contribution in [2.24, 2.45) is 0 Å². The van der Waals surface area contributed by atoms with Crippen molar-refractivity contribution in [1.82, 2.24) is 15.2 Å². The Morgan fingerprint density at radius 3 is 2.51 bits per heavy atom. The molecular formula is C29H34F2N4O2. The topological polar surface area (TPSA) is 88.3 Å². The predicted molar refractivity (Wildman–Crippen MR) is 141 cm³/mol. The number of carbonyl (C=O) groups is 2. The van der Waals surface area contributed by atoms with Gasteiger partial charge >= 0.3 is 0 Å². The number of nitrogens with zero attached hydrogens (tertiary/aromatic N) is 2. The molecule has 8 heteroatoms. The van der Waals surface area contributed by atoms with E-state index in [2.05, 4.69) is 29.0 Å². The maximum absolute atomic E-state index is 13.8. The largest absolute Gasteiger partial charge is 0.383 e. The third-order valence-corrected chi connectivity index (χ3v) is 7.37. The summed E-state index contributed by atoms with van der Waals surface area (Å²) in [5, 5.41) is 4.68. The second-order valence-electron chi connectivity index (χ2n) is 10.1. The molecule has 37 heavy (non-hydrogen) atoms. The van der Waals surface area contributed by atoms with Crippen LogP contribution >= 0.6 is 0 Å². The fourth-order valence-corrected chi connectivity index (χ4v) is 5.19. The lowest BCUT2D eigenvalue weighted by atomic mass is 9.96. The average molecular weight is 509 g/mol. The first-order chi connectivity index (χ1) is 17.7. The molecule has 1 fully saturated rings. The summed E-state index contributed by atoms with van der Waals surface area (Å²) in [4.78, 5) is 32.6. The number of rotatable bonds is 9. The lowest BCUT2D eigenvalue weighted by molar-refractivity contribution is -0.129. The number of piperidine rings is 1. The Bertz CT molecular complexity index is 1270. The van der Waals surface area contributed by atoms with Crippen LogP contribution < -0.4 is 11.1 Å². The number of nitrogens with two attached hydrogens (primary N) is 1. The van der Waals surface area contributed by atoms with Crippen molar-refractivity contribution in [3.8, 4) is 0 Å². The average Bonchev–Trinajstić information content (AvgIpc) is 2.87. The lowest BCUT2D eigenvalue weighted by Gasteiger charge is -2.38. The number of hydrogen-bond donors (Lipinski definition) is 2. The molecule has 6 nitrogen and oxygen atoms in total. The second-order valence-corrected chi connectivity index (χ2v) is 10.1. The minimum atomic E-state index is -0.976. The van der Waals surface area contributed by atoms with E-state index in [1.807, 2.05) is 24.3 Å². The number of halogens is 2. The molecule has 0 aliphatic carbocycles. The van der Waals surface area contributed by atoms with Crippen LogP contribution in [0.25, 0.3) is 10.8 Å². The van der Waals surface area contributed by atoms with Crippen LogP contribution in [0.1, 0.15) is 50.7 Å². The molecule has 0 spiro atoms. The number of likely N-dealkylation sites (tertiary alicyclic amines) is 1. The second kappa shape index (κ2) is 11.8. The van der Waals surface area contributed by atoms with Gasteiger partial charge in [-0.2, -0.15) is 0 Å². The number of ketones is 1. The number of Topliss-reactive ketones (excluding diaryl/α,β-unsaturated/α-hetero) is 1. The minimum Gasteiger partial charge on any atom is -0.383 e. The minimum absolute atomic E-state index is 0.0901. The summed E-state index contributed by atoms with van der Waals surface area (Å²) in [5.74, 6) is -1.87. The standard InChI is InChI=1S/C29H34F2N4O2/c1-18-4-3-5-19(2)35(18)17-28(37)34-26(16-21-7-10-24(30)25(31)15-21)27(36)11-8-20-6-9-23-22(14-20)12-13-33-29(23)32/h6-7,9-10,12-15,18-19,26H,3-5,8,11,16-17H2,1-2H3,(H2,32,33)(H,34,37)/t18-,19+,26-/m0/s1. The zero-order valence-corrected chi connectivity index (χ0v) is 21.3. The van der Waals surface area contributed by atoms with E-state index in [1.54, 1.807) is 6.20 Å². The van der Waals surface area contributed by atoms with E-state index < -0.39 is 17.7 Å². The summed E-state index contributed by atoms with van der Waals surface area (Å²) < 4.78 is 27.3. The molecule has 0 saturated carbocycles. The molecule has 2 aromatic carbocycles. The normalized spacial score (nSPS) is 19.0. The van der Waals surface area contributed by atoms with E-state index in [-0.39, 0.29) is 43.2 Å². The number of aryl methyl sites for hydroxylation is 1. The highest BCUT2D eigenvalue weighted by molar-refractivity contribution is 5.92. The highest BCUT2D eigenvalue weighted by Gasteiger charge is 2.28. The van der Waals surface area contributed by atoms with Gasteiger partial charge in [-0.1, -0.05) is 30.7 Å². The molecule has 0 unspecified atom stereocenters. The fraction of sp³-hybridized carbons (Fsp3) is 0.414. The van der Waals surface area contributed by atoms with Crippen molar-refractivity contribution >= 4 is 28.3 Å². The number of hydrogen-bond acceptors (Lipinski definition) is 5. The lowest BCUT2D eigenvalue weighted by Crippen LogP contribution is -2.51. The predicted octanol–water partition coefficient (Wildman–Crippen LogP) is 4.59. The van der Waals surface area contributed by atoms with E-state index in [1.165, 1.54) is 6.07 Å². The fourth-order valence-electron chi connectivity index (χ4n) is 5.19. The number of pyridine rings is 1. The number of nitrogen functional groups attached to an aromatic ring is 1. The van der Waals surface area contributed by atoms with Crippen LogP contribution in [0, 0.1) is 11.6 Å². The summed E-state index contributed by atoms with van der Waals surface area (Å²) in [6, 6.07) is 10.9. The molecule has 1 aromatic heterocycles. The van der Waals surface area contributed by atoms with E-state index in [0.717, 1.165) is 47.7 Å². The molecule has 3 N–H and O–H groups in total. The maximum Gasteiger partial charge on any atom is 0.234 e. The summed E-state index contributed by atoms with van der Waals surface area (Å²) in [6.45, 7) is 4.42. The Labute approximate surface area is 216 Å². The van der Waals surface area contributed by atoms with Crippen LogP contribution in [0.4, 0.5) is 14.6 Å². The molecule has 1 amide bonds. The monoisotopic (exact) mass is 508 g/mol. The van der Waals surface area contributed by atoms with Crippen LogP contribution in [0.2, 0.25) is 0 Å². The van der Waals surface area contributed by atoms with E-state index >= 15 is 0 Å². The number of aromatic nitrogens is 1. The first kappa shape index (κ1) is 26.7. The number of nitrogens with one attached hydrogen (secondary N) is 1. The first-order valence-corrected chi connectivity index (χ1v) is 12.9. The molecular weight excluding hydrogens is 474 g/mol. The van der Waals surface area contributed by atoms with E-state index in [0.29, 0.717) is 17.8 Å². The van der Waals surface area contributed by atoms with Gasteiger partial charge in [-0.3, -0.25) is 14.5 Å². The zero-order valence-electron chi connectivity index (χ0n) is 21.3. The Balaban J connectivity index is 1.47. The van der Waals surface area contributed by atoms with Gasteiger partial charge in [0, 0.05) is 30.1 Å². The number of carbonyl (C=O) groups excluding carboxylic acids is 2. The number of anilines is 1. The number of benzene rings is 2.